The number of nitrogens with two attached hydrogens (primary N) is 1. The van der Waals surface area contributed by atoms with Gasteiger partial charge in [-0.1, -0.05) is 0 Å². The van der Waals surface area contributed by atoms with Crippen molar-refractivity contribution >= 4 is 11.6 Å². The molecule has 0 saturated carbocycles. The summed E-state index contributed by atoms with van der Waals surface area (Å²) in [5.41, 5.74) is 5.60. The molecule has 0 aromatic carbocycles. The van der Waals surface area contributed by atoms with E-state index in [1.165, 1.54) is 16.8 Å². The van der Waals surface area contributed by atoms with Crippen molar-refractivity contribution in [3.63, 3.8) is 0 Å². The number of hydrogen-bond acceptors (Lipinski definition) is 4. The van der Waals surface area contributed by atoms with Gasteiger partial charge in [-0.3, -0.25) is 14.9 Å². The molecular formula is C11H18N4O3. The van der Waals surface area contributed by atoms with Gasteiger partial charge in [-0.25, -0.2) is 0 Å². The Hall–Kier alpha value is -1.89. The van der Waals surface area contributed by atoms with Gasteiger partial charge < -0.3 is 15.6 Å². The van der Waals surface area contributed by atoms with Crippen LogP contribution in [0.25, 0.3) is 0 Å². The summed E-state index contributed by atoms with van der Waals surface area (Å²) < 4.78 is 1.43. The van der Waals surface area contributed by atoms with Crippen LogP contribution < -0.4 is 11.1 Å². The first-order chi connectivity index (χ1) is 8.20. The Morgan fingerprint density at radius 2 is 2.22 bits per heavy atom. The lowest BCUT2D eigenvalue weighted by Gasteiger charge is -2.18. The fraction of sp³-hybridized carbons (Fsp3) is 0.545. The van der Waals surface area contributed by atoms with E-state index in [-0.39, 0.29) is 22.8 Å². The minimum Gasteiger partial charge on any atom is -0.351 e. The normalized spacial score (nSPS) is 11.3. The Morgan fingerprint density at radius 3 is 2.67 bits per heavy atom. The van der Waals surface area contributed by atoms with E-state index in [1.807, 2.05) is 13.8 Å². The first kappa shape index (κ1) is 14.2. The summed E-state index contributed by atoms with van der Waals surface area (Å²) >= 11 is 0. The highest BCUT2D eigenvalue weighted by Crippen LogP contribution is 2.15. The van der Waals surface area contributed by atoms with Gasteiger partial charge in [0.1, 0.15) is 5.69 Å². The van der Waals surface area contributed by atoms with E-state index in [0.29, 0.717) is 13.0 Å². The summed E-state index contributed by atoms with van der Waals surface area (Å²) in [6, 6.07) is 1.25. The van der Waals surface area contributed by atoms with Gasteiger partial charge in [0.2, 0.25) is 0 Å². The topological polar surface area (TPSA) is 103 Å². The first-order valence-electron chi connectivity index (χ1n) is 5.58. The Balaban J connectivity index is 2.65. The summed E-state index contributed by atoms with van der Waals surface area (Å²) in [6.07, 6.45) is 1.94. The van der Waals surface area contributed by atoms with Crippen molar-refractivity contribution in [3.05, 3.63) is 28.1 Å². The Labute approximate surface area is 105 Å². The van der Waals surface area contributed by atoms with E-state index in [1.54, 1.807) is 7.05 Å². The molecule has 1 rings (SSSR count). The largest absolute Gasteiger partial charge is 0.351 e. The van der Waals surface area contributed by atoms with Crippen LogP contribution >= 0.6 is 0 Å². The molecule has 0 spiro atoms. The van der Waals surface area contributed by atoms with Crippen molar-refractivity contribution in [1.82, 2.24) is 9.88 Å². The van der Waals surface area contributed by atoms with Crippen LogP contribution in [0.3, 0.4) is 0 Å². The van der Waals surface area contributed by atoms with Crippen molar-refractivity contribution in [2.75, 3.05) is 6.54 Å². The SMILES string of the molecule is Cn1cc([N+](=O)[O-])cc1C(=O)NCCC(C)(C)N. The van der Waals surface area contributed by atoms with E-state index >= 15 is 0 Å². The molecule has 7 heteroatoms. The average molecular weight is 254 g/mol. The molecule has 7 nitrogen and oxygen atoms in total. The molecule has 0 fully saturated rings. The van der Waals surface area contributed by atoms with Crippen molar-refractivity contribution < 1.29 is 9.72 Å². The van der Waals surface area contributed by atoms with Crippen LogP contribution in [-0.4, -0.2) is 27.5 Å². The zero-order chi connectivity index (χ0) is 13.9. The first-order valence-corrected chi connectivity index (χ1v) is 5.58. The van der Waals surface area contributed by atoms with Crippen LogP contribution in [-0.2, 0) is 7.05 Å². The molecular weight excluding hydrogens is 236 g/mol. The molecule has 0 aliphatic carbocycles. The number of hydrogen-bond donors (Lipinski definition) is 2. The number of aryl methyl sites for hydroxylation is 1. The fourth-order valence-electron chi connectivity index (χ4n) is 1.46. The van der Waals surface area contributed by atoms with Gasteiger partial charge in [-0.2, -0.15) is 0 Å². The third-order valence-electron chi connectivity index (χ3n) is 2.49. The molecule has 0 aliphatic rings. The highest BCUT2D eigenvalue weighted by molar-refractivity contribution is 5.93. The van der Waals surface area contributed by atoms with Crippen LogP contribution in [0.5, 0.6) is 0 Å². The number of nitrogens with zero attached hydrogens (tertiary/aromatic N) is 2. The van der Waals surface area contributed by atoms with Crippen molar-refractivity contribution in [3.8, 4) is 0 Å². The van der Waals surface area contributed by atoms with Crippen LogP contribution in [0.2, 0.25) is 0 Å². The van der Waals surface area contributed by atoms with Crippen molar-refractivity contribution in [1.29, 1.82) is 0 Å². The minimum atomic E-state index is -0.528. The van der Waals surface area contributed by atoms with Gasteiger partial charge in [-0.15, -0.1) is 0 Å². The highest BCUT2D eigenvalue weighted by atomic mass is 16.6. The van der Waals surface area contributed by atoms with Gasteiger partial charge in [0.15, 0.2) is 0 Å². The van der Waals surface area contributed by atoms with E-state index in [4.69, 9.17) is 5.73 Å². The summed E-state index contributed by atoms with van der Waals surface area (Å²) in [5.74, 6) is -0.338. The minimum absolute atomic E-state index is 0.0956. The molecule has 1 aromatic heterocycles. The molecule has 0 saturated heterocycles. The second kappa shape index (κ2) is 5.18. The van der Waals surface area contributed by atoms with Gasteiger partial charge in [0.25, 0.3) is 11.6 Å². The molecule has 1 amide bonds. The lowest BCUT2D eigenvalue weighted by molar-refractivity contribution is -0.384. The molecule has 1 heterocycles. The quantitative estimate of drug-likeness (QED) is 0.598. The molecule has 0 atom stereocenters. The predicted molar refractivity (Wildman–Crippen MR) is 67.3 cm³/mol. The third-order valence-corrected chi connectivity index (χ3v) is 2.49. The average Bonchev–Trinajstić information content (AvgIpc) is 2.58. The van der Waals surface area contributed by atoms with Gasteiger partial charge in [-0.05, 0) is 20.3 Å². The fourth-order valence-corrected chi connectivity index (χ4v) is 1.46. The maximum absolute atomic E-state index is 11.8. The molecule has 0 unspecified atom stereocenters. The monoisotopic (exact) mass is 254 g/mol. The highest BCUT2D eigenvalue weighted by Gasteiger charge is 2.18. The standard InChI is InChI=1S/C11H18N4O3/c1-11(2,12)4-5-13-10(16)9-6-8(15(17)18)7-14(9)3/h6-7H,4-5,12H2,1-3H3,(H,13,16). The van der Waals surface area contributed by atoms with Gasteiger partial charge in [0, 0.05) is 25.2 Å². The van der Waals surface area contributed by atoms with E-state index in [2.05, 4.69) is 5.32 Å². The van der Waals surface area contributed by atoms with E-state index < -0.39 is 4.92 Å². The maximum Gasteiger partial charge on any atom is 0.287 e. The second-order valence-corrected chi connectivity index (χ2v) is 4.95. The Morgan fingerprint density at radius 1 is 1.61 bits per heavy atom. The van der Waals surface area contributed by atoms with Gasteiger partial charge >= 0.3 is 0 Å². The van der Waals surface area contributed by atoms with E-state index in [0.717, 1.165) is 0 Å². The lowest BCUT2D eigenvalue weighted by Crippen LogP contribution is -2.37. The van der Waals surface area contributed by atoms with Crippen molar-refractivity contribution in [2.24, 2.45) is 12.8 Å². The maximum atomic E-state index is 11.8. The number of nitrogens with one attached hydrogen (secondary N) is 1. The molecule has 0 aliphatic heterocycles. The van der Waals surface area contributed by atoms with Crippen LogP contribution in [0.1, 0.15) is 30.8 Å². The molecule has 18 heavy (non-hydrogen) atoms. The van der Waals surface area contributed by atoms with Crippen LogP contribution in [0, 0.1) is 10.1 Å². The number of carbonyl (C=O) groups is 1. The van der Waals surface area contributed by atoms with E-state index in [9.17, 15) is 14.9 Å². The zero-order valence-electron chi connectivity index (χ0n) is 10.8. The second-order valence-electron chi connectivity index (χ2n) is 4.95. The number of nitro groups is 1. The third kappa shape index (κ3) is 3.85. The number of aromatic nitrogens is 1. The van der Waals surface area contributed by atoms with Crippen LogP contribution in [0.4, 0.5) is 5.69 Å². The number of amides is 1. The predicted octanol–water partition coefficient (Wildman–Crippen LogP) is 0.790. The number of rotatable bonds is 5. The van der Waals surface area contributed by atoms with Gasteiger partial charge in [0.05, 0.1) is 11.1 Å². The summed E-state index contributed by atoms with van der Waals surface area (Å²) in [5, 5.41) is 13.3. The molecule has 0 bridgehead atoms. The van der Waals surface area contributed by atoms with Crippen molar-refractivity contribution in [2.45, 2.75) is 25.8 Å². The Bertz CT molecular complexity index is 459. The molecule has 1 aromatic rings. The van der Waals surface area contributed by atoms with Crippen LogP contribution in [0.15, 0.2) is 12.3 Å². The Kier molecular flexibility index (Phi) is 4.07. The number of carbonyl (C=O) groups excluding carboxylic acids is 1. The molecule has 100 valence electrons. The summed E-state index contributed by atoms with van der Waals surface area (Å²) in [7, 11) is 1.59. The lowest BCUT2D eigenvalue weighted by atomic mass is 10.0. The summed E-state index contributed by atoms with van der Waals surface area (Å²) in [4.78, 5) is 21.8. The smallest absolute Gasteiger partial charge is 0.287 e. The zero-order valence-corrected chi connectivity index (χ0v) is 10.8. The molecule has 0 radical (unpaired) electrons. The molecule has 3 N–H and O–H groups in total. The summed E-state index contributed by atoms with van der Waals surface area (Å²) in [6.45, 7) is 4.17.